The van der Waals surface area contributed by atoms with Gasteiger partial charge in [-0.15, -0.1) is 5.11 Å². The van der Waals surface area contributed by atoms with Gasteiger partial charge < -0.3 is 21.5 Å². The molecule has 0 radical (unpaired) electrons. The van der Waals surface area contributed by atoms with E-state index in [1.54, 1.807) is 24.3 Å². The number of fused-ring (bicyclic) bond motifs is 1. The van der Waals surface area contributed by atoms with Gasteiger partial charge in [0.05, 0.1) is 16.8 Å². The van der Waals surface area contributed by atoms with Gasteiger partial charge in [-0.25, -0.2) is 4.79 Å². The van der Waals surface area contributed by atoms with Crippen LogP contribution in [-0.4, -0.2) is 20.1 Å². The molecule has 0 atom stereocenters. The molecule has 4 aromatic carbocycles. The molecule has 39 heavy (non-hydrogen) atoms. The molecular formula is C29H28N8O2. The first kappa shape index (κ1) is 25.4. The summed E-state index contributed by atoms with van der Waals surface area (Å²) in [5.41, 5.74) is 12.1. The Morgan fingerprint density at radius 3 is 2.33 bits per heavy atom. The van der Waals surface area contributed by atoms with Crippen molar-refractivity contribution in [2.45, 2.75) is 27.7 Å². The molecule has 0 unspecified atom stereocenters. The van der Waals surface area contributed by atoms with E-state index in [-0.39, 0.29) is 17.6 Å². The summed E-state index contributed by atoms with van der Waals surface area (Å²) < 4.78 is 0. The lowest BCUT2D eigenvalue weighted by Crippen LogP contribution is -2.16. The number of nitrogen functional groups attached to an aromatic ring is 1. The average Bonchev–Trinajstić information content (AvgIpc) is 2.83. The standard InChI is InChI=1S/C29H28N8O2/c1-15-9-16(2)12-21(11-15)31-27-33-28(35-29(39)34-27)32-23-7-5-19-10-17(3)13-24(38)25(19)26(23)37-36-22-8-6-20(30)14-18(22)4/h5-14,38H,30H2,1-4H3,(H3,31,32,33,34,35,39). The van der Waals surface area contributed by atoms with Gasteiger partial charge in [0, 0.05) is 11.4 Å². The Morgan fingerprint density at radius 2 is 1.59 bits per heavy atom. The van der Waals surface area contributed by atoms with Crippen LogP contribution in [0.3, 0.4) is 0 Å². The Hall–Kier alpha value is -5.25. The zero-order chi connectivity index (χ0) is 27.7. The summed E-state index contributed by atoms with van der Waals surface area (Å²) in [6.45, 7) is 7.78. The second kappa shape index (κ2) is 10.3. The number of phenols is 1. The average molecular weight is 521 g/mol. The largest absolute Gasteiger partial charge is 0.507 e. The van der Waals surface area contributed by atoms with Crippen LogP contribution < -0.4 is 22.1 Å². The number of benzene rings is 4. The van der Waals surface area contributed by atoms with E-state index in [1.165, 1.54) is 0 Å². The number of aryl methyl sites for hydroxylation is 4. The lowest BCUT2D eigenvalue weighted by molar-refractivity contribution is 0.481. The number of aromatic nitrogens is 3. The third-order valence-corrected chi connectivity index (χ3v) is 6.07. The first-order valence-electron chi connectivity index (χ1n) is 12.3. The monoisotopic (exact) mass is 520 g/mol. The zero-order valence-electron chi connectivity index (χ0n) is 22.0. The zero-order valence-corrected chi connectivity index (χ0v) is 22.0. The number of anilines is 5. The number of nitrogens with one attached hydrogen (secondary N) is 3. The van der Waals surface area contributed by atoms with Crippen molar-refractivity contribution in [1.29, 1.82) is 0 Å². The lowest BCUT2D eigenvalue weighted by atomic mass is 10.0. The van der Waals surface area contributed by atoms with Gasteiger partial charge in [0.1, 0.15) is 11.4 Å². The SMILES string of the molecule is Cc1cc(C)cc(Nc2nc(Nc3ccc4cc(C)cc(O)c4c3N=Nc3ccc(N)cc3C)nc(=O)[nH]2)c1. The second-order valence-electron chi connectivity index (χ2n) is 9.54. The maximum atomic E-state index is 12.4. The summed E-state index contributed by atoms with van der Waals surface area (Å²) in [6.07, 6.45) is 0. The van der Waals surface area contributed by atoms with Crippen LogP contribution in [0.15, 0.2) is 75.7 Å². The Morgan fingerprint density at radius 1 is 0.846 bits per heavy atom. The van der Waals surface area contributed by atoms with Crippen LogP contribution in [0.5, 0.6) is 5.75 Å². The van der Waals surface area contributed by atoms with Crippen LogP contribution in [0, 0.1) is 27.7 Å². The van der Waals surface area contributed by atoms with Crippen molar-refractivity contribution in [2.75, 3.05) is 16.4 Å². The summed E-state index contributed by atoms with van der Waals surface area (Å²) in [5.74, 6) is 0.333. The van der Waals surface area contributed by atoms with Crippen LogP contribution >= 0.6 is 0 Å². The fourth-order valence-electron chi connectivity index (χ4n) is 4.47. The highest BCUT2D eigenvalue weighted by molar-refractivity contribution is 6.03. The summed E-state index contributed by atoms with van der Waals surface area (Å²) in [7, 11) is 0. The van der Waals surface area contributed by atoms with Crippen LogP contribution in [0.25, 0.3) is 10.8 Å². The summed E-state index contributed by atoms with van der Waals surface area (Å²) in [4.78, 5) is 23.5. The van der Waals surface area contributed by atoms with Gasteiger partial charge >= 0.3 is 5.69 Å². The number of aromatic amines is 1. The minimum absolute atomic E-state index is 0.0525. The number of nitrogens with zero attached hydrogens (tertiary/aromatic N) is 4. The van der Waals surface area contributed by atoms with E-state index >= 15 is 0 Å². The van der Waals surface area contributed by atoms with Crippen LogP contribution in [0.2, 0.25) is 0 Å². The van der Waals surface area contributed by atoms with E-state index in [0.29, 0.717) is 28.1 Å². The van der Waals surface area contributed by atoms with Crippen LogP contribution in [0.1, 0.15) is 22.3 Å². The molecule has 1 heterocycles. The first-order chi connectivity index (χ1) is 18.6. The van der Waals surface area contributed by atoms with E-state index < -0.39 is 5.69 Å². The van der Waals surface area contributed by atoms with E-state index in [2.05, 4.69) is 41.9 Å². The van der Waals surface area contributed by atoms with Crippen molar-refractivity contribution in [3.8, 4) is 5.75 Å². The Bertz CT molecular complexity index is 1790. The molecule has 10 heteroatoms. The smallest absolute Gasteiger partial charge is 0.351 e. The van der Waals surface area contributed by atoms with Gasteiger partial charge in [-0.2, -0.15) is 15.1 Å². The molecule has 1 aromatic heterocycles. The van der Waals surface area contributed by atoms with Gasteiger partial charge in [-0.05, 0) is 97.8 Å². The van der Waals surface area contributed by atoms with Crippen molar-refractivity contribution >= 4 is 51.1 Å². The maximum absolute atomic E-state index is 12.4. The summed E-state index contributed by atoms with van der Waals surface area (Å²) in [6, 6.07) is 18.5. The number of H-pyrrole nitrogens is 1. The van der Waals surface area contributed by atoms with Crippen molar-refractivity contribution < 1.29 is 5.11 Å². The number of phenolic OH excluding ortho intramolecular Hbond substituents is 1. The van der Waals surface area contributed by atoms with Gasteiger partial charge in [-0.3, -0.25) is 4.98 Å². The van der Waals surface area contributed by atoms with Gasteiger partial charge in [0.25, 0.3) is 0 Å². The van der Waals surface area contributed by atoms with Crippen molar-refractivity contribution in [3.63, 3.8) is 0 Å². The molecule has 0 aliphatic carbocycles. The number of hydrogen-bond acceptors (Lipinski definition) is 9. The molecule has 0 spiro atoms. The Labute approximate surface area is 224 Å². The molecule has 5 rings (SSSR count). The predicted octanol–water partition coefficient (Wildman–Crippen LogP) is 6.74. The van der Waals surface area contributed by atoms with Gasteiger partial charge in [-0.1, -0.05) is 18.2 Å². The first-order valence-corrected chi connectivity index (χ1v) is 12.3. The van der Waals surface area contributed by atoms with E-state index in [4.69, 9.17) is 5.73 Å². The Balaban J connectivity index is 1.57. The fraction of sp³-hybridized carbons (Fsp3) is 0.138. The van der Waals surface area contributed by atoms with E-state index in [9.17, 15) is 9.90 Å². The fourth-order valence-corrected chi connectivity index (χ4v) is 4.47. The van der Waals surface area contributed by atoms with Crippen LogP contribution in [0.4, 0.5) is 40.3 Å². The molecule has 0 aliphatic heterocycles. The number of hydrogen-bond donors (Lipinski definition) is 5. The number of aromatic hydroxyl groups is 1. The molecule has 6 N–H and O–H groups in total. The maximum Gasteiger partial charge on any atom is 0.351 e. The summed E-state index contributed by atoms with van der Waals surface area (Å²) >= 11 is 0. The highest BCUT2D eigenvalue weighted by atomic mass is 16.3. The lowest BCUT2D eigenvalue weighted by Gasteiger charge is -2.13. The molecule has 0 saturated carbocycles. The molecule has 5 aromatic rings. The van der Waals surface area contributed by atoms with E-state index in [1.807, 2.05) is 58.0 Å². The molecular weight excluding hydrogens is 492 g/mol. The van der Waals surface area contributed by atoms with Crippen molar-refractivity contribution in [1.82, 2.24) is 15.0 Å². The normalized spacial score (nSPS) is 11.3. The van der Waals surface area contributed by atoms with Crippen molar-refractivity contribution in [2.24, 2.45) is 10.2 Å². The number of nitrogens with two attached hydrogens (primary N) is 1. The molecule has 0 saturated heterocycles. The quantitative estimate of drug-likeness (QED) is 0.123. The second-order valence-corrected chi connectivity index (χ2v) is 9.54. The van der Waals surface area contributed by atoms with Gasteiger partial charge in [0.15, 0.2) is 0 Å². The van der Waals surface area contributed by atoms with Crippen LogP contribution in [-0.2, 0) is 0 Å². The third kappa shape index (κ3) is 5.69. The minimum Gasteiger partial charge on any atom is -0.507 e. The molecule has 0 aliphatic rings. The minimum atomic E-state index is -0.584. The number of azo groups is 1. The Kier molecular flexibility index (Phi) is 6.68. The van der Waals surface area contributed by atoms with Crippen molar-refractivity contribution in [3.05, 3.63) is 93.4 Å². The highest BCUT2D eigenvalue weighted by Gasteiger charge is 2.15. The van der Waals surface area contributed by atoms with Gasteiger partial charge in [0.2, 0.25) is 11.9 Å². The van der Waals surface area contributed by atoms with E-state index in [0.717, 1.165) is 33.3 Å². The molecule has 0 bridgehead atoms. The third-order valence-electron chi connectivity index (χ3n) is 6.07. The molecule has 10 nitrogen and oxygen atoms in total. The molecule has 0 fully saturated rings. The predicted molar refractivity (Wildman–Crippen MR) is 155 cm³/mol. The highest BCUT2D eigenvalue weighted by Crippen LogP contribution is 2.41. The topological polar surface area (TPSA) is 154 Å². The number of rotatable bonds is 6. The molecule has 196 valence electrons. The molecule has 0 amide bonds. The summed E-state index contributed by atoms with van der Waals surface area (Å²) in [5, 5.41) is 27.3.